The van der Waals surface area contributed by atoms with Crippen LogP contribution in [0.5, 0.6) is 0 Å². The Hall–Kier alpha value is -1.64. The number of rotatable bonds is 4. The summed E-state index contributed by atoms with van der Waals surface area (Å²) < 4.78 is 32.7. The molecule has 0 saturated carbocycles. The molecular weight excluding hydrogens is 348 g/mol. The number of carbonyl (C=O) groups is 1. The third kappa shape index (κ3) is 3.13. The van der Waals surface area contributed by atoms with E-state index in [1.54, 1.807) is 55.2 Å². The maximum absolute atomic E-state index is 13.2. The highest BCUT2D eigenvalue weighted by Gasteiger charge is 2.39. The van der Waals surface area contributed by atoms with Crippen LogP contribution in [0.3, 0.4) is 0 Å². The number of aromatic nitrogens is 1. The molecule has 6 nitrogen and oxygen atoms in total. The molecule has 1 atom stereocenters. The first kappa shape index (κ1) is 17.2. The normalized spacial score (nSPS) is 19.3. The molecule has 0 N–H and O–H groups in total. The molecule has 2 aromatic rings. The van der Waals surface area contributed by atoms with Gasteiger partial charge in [0.2, 0.25) is 10.0 Å². The van der Waals surface area contributed by atoms with E-state index in [4.69, 9.17) is 4.74 Å². The van der Waals surface area contributed by atoms with Crippen LogP contribution < -0.4 is 0 Å². The second kappa shape index (κ2) is 7.08. The number of ether oxygens (including phenoxy) is 1. The van der Waals surface area contributed by atoms with Crippen LogP contribution >= 0.6 is 11.8 Å². The van der Waals surface area contributed by atoms with Gasteiger partial charge in [-0.25, -0.2) is 8.42 Å². The van der Waals surface area contributed by atoms with E-state index in [9.17, 15) is 13.2 Å². The number of hydrogen-bond acceptors (Lipinski definition) is 6. The molecule has 0 aliphatic carbocycles. The lowest BCUT2D eigenvalue weighted by molar-refractivity contribution is -0.146. The number of pyridine rings is 1. The van der Waals surface area contributed by atoms with Crippen molar-refractivity contribution in [2.45, 2.75) is 17.9 Å². The van der Waals surface area contributed by atoms with Crippen molar-refractivity contribution >= 4 is 38.7 Å². The Morgan fingerprint density at radius 2 is 2.21 bits per heavy atom. The number of carbonyl (C=O) groups excluding carboxylic acids is 1. The van der Waals surface area contributed by atoms with E-state index in [0.717, 1.165) is 0 Å². The van der Waals surface area contributed by atoms with Crippen LogP contribution in [0.2, 0.25) is 0 Å². The molecule has 1 fully saturated rings. The van der Waals surface area contributed by atoms with Crippen molar-refractivity contribution in [3.05, 3.63) is 36.5 Å². The summed E-state index contributed by atoms with van der Waals surface area (Å²) in [6.07, 6.45) is 1.62. The highest BCUT2D eigenvalue weighted by atomic mass is 32.2. The van der Waals surface area contributed by atoms with Crippen molar-refractivity contribution in [2.24, 2.45) is 0 Å². The molecule has 24 heavy (non-hydrogen) atoms. The van der Waals surface area contributed by atoms with Gasteiger partial charge in [0.15, 0.2) is 0 Å². The first-order valence-corrected chi connectivity index (χ1v) is 10.2. The van der Waals surface area contributed by atoms with Crippen molar-refractivity contribution in [3.8, 4) is 0 Å². The molecule has 0 radical (unpaired) electrons. The van der Waals surface area contributed by atoms with E-state index in [0.29, 0.717) is 22.4 Å². The molecule has 1 aliphatic heterocycles. The van der Waals surface area contributed by atoms with Gasteiger partial charge < -0.3 is 4.74 Å². The molecule has 1 aliphatic rings. The van der Waals surface area contributed by atoms with E-state index in [1.807, 2.05) is 0 Å². The maximum atomic E-state index is 13.2. The predicted octanol–water partition coefficient (Wildman–Crippen LogP) is 1.90. The van der Waals surface area contributed by atoms with Gasteiger partial charge in [0, 0.05) is 29.6 Å². The summed E-state index contributed by atoms with van der Waals surface area (Å²) in [5, 5.41) is 0.556. The van der Waals surface area contributed by atoms with Crippen molar-refractivity contribution in [3.63, 3.8) is 0 Å². The zero-order valence-corrected chi connectivity index (χ0v) is 14.8. The van der Waals surface area contributed by atoms with Crippen LogP contribution in [-0.2, 0) is 19.6 Å². The summed E-state index contributed by atoms with van der Waals surface area (Å²) in [4.78, 5) is 16.6. The average molecular weight is 366 g/mol. The molecule has 0 unspecified atom stereocenters. The zero-order valence-electron chi connectivity index (χ0n) is 13.2. The Morgan fingerprint density at radius 3 is 3.00 bits per heavy atom. The number of esters is 1. The Kier molecular flexibility index (Phi) is 5.07. The van der Waals surface area contributed by atoms with Crippen LogP contribution in [-0.4, -0.2) is 54.4 Å². The lowest BCUT2D eigenvalue weighted by atomic mass is 10.2. The fourth-order valence-electron chi connectivity index (χ4n) is 2.73. The number of sulfonamides is 1. The Bertz CT molecular complexity index is 849. The van der Waals surface area contributed by atoms with Crippen molar-refractivity contribution in [1.82, 2.24) is 9.29 Å². The molecule has 0 spiro atoms. The van der Waals surface area contributed by atoms with Crippen LogP contribution in [0.4, 0.5) is 0 Å². The fourth-order valence-corrected chi connectivity index (χ4v) is 5.75. The number of nitrogens with zero attached hydrogens (tertiary/aromatic N) is 2. The molecule has 0 bridgehead atoms. The smallest absolute Gasteiger partial charge is 0.325 e. The summed E-state index contributed by atoms with van der Waals surface area (Å²) >= 11 is 1.56. The van der Waals surface area contributed by atoms with Gasteiger partial charge in [0.1, 0.15) is 6.04 Å². The van der Waals surface area contributed by atoms with Crippen LogP contribution in [0.1, 0.15) is 6.92 Å². The minimum Gasteiger partial charge on any atom is -0.465 e. The highest BCUT2D eigenvalue weighted by molar-refractivity contribution is 7.99. The molecule has 1 aromatic carbocycles. The molecular formula is C16H18N2O4S2. The van der Waals surface area contributed by atoms with Gasteiger partial charge in [-0.1, -0.05) is 6.07 Å². The van der Waals surface area contributed by atoms with Crippen molar-refractivity contribution in [2.75, 3.05) is 24.7 Å². The minimum atomic E-state index is -3.82. The quantitative estimate of drug-likeness (QED) is 0.769. The van der Waals surface area contributed by atoms with E-state index >= 15 is 0 Å². The van der Waals surface area contributed by atoms with Crippen LogP contribution in [0.15, 0.2) is 41.4 Å². The van der Waals surface area contributed by atoms with Gasteiger partial charge in [-0.2, -0.15) is 16.1 Å². The van der Waals surface area contributed by atoms with Gasteiger partial charge in [-0.05, 0) is 31.2 Å². The van der Waals surface area contributed by atoms with Crippen LogP contribution in [0.25, 0.3) is 10.9 Å². The Labute approximate surface area is 145 Å². The minimum absolute atomic E-state index is 0.175. The maximum Gasteiger partial charge on any atom is 0.325 e. The molecule has 128 valence electrons. The van der Waals surface area contributed by atoms with Gasteiger partial charge in [0.05, 0.1) is 17.0 Å². The summed E-state index contributed by atoms with van der Waals surface area (Å²) in [6.45, 7) is 2.22. The van der Waals surface area contributed by atoms with E-state index in [1.165, 1.54) is 4.31 Å². The summed E-state index contributed by atoms with van der Waals surface area (Å²) in [5.74, 6) is 0.561. The number of fused-ring (bicyclic) bond motifs is 1. The SMILES string of the molecule is CCOC(=O)[C@@H]1CSCCN1S(=O)(=O)c1cccc2ncccc12. The van der Waals surface area contributed by atoms with E-state index in [2.05, 4.69) is 4.98 Å². The lowest BCUT2D eigenvalue weighted by Crippen LogP contribution is -2.50. The van der Waals surface area contributed by atoms with Crippen molar-refractivity contribution < 1.29 is 17.9 Å². The third-order valence-electron chi connectivity index (χ3n) is 3.83. The van der Waals surface area contributed by atoms with Crippen LogP contribution in [0, 0.1) is 0 Å². The second-order valence-corrected chi connectivity index (χ2v) is 8.29. The largest absolute Gasteiger partial charge is 0.465 e. The fraction of sp³-hybridized carbons (Fsp3) is 0.375. The third-order valence-corrected chi connectivity index (χ3v) is 6.82. The topological polar surface area (TPSA) is 76.6 Å². The standard InChI is InChI=1S/C16H18N2O4S2/c1-2-22-16(19)14-11-23-10-9-18(14)24(20,21)15-7-3-6-13-12(15)5-4-8-17-13/h3-8,14H,2,9-11H2,1H3/t14-/m0/s1. The molecule has 2 heterocycles. The van der Waals surface area contributed by atoms with E-state index < -0.39 is 22.0 Å². The van der Waals surface area contributed by atoms with Crippen molar-refractivity contribution in [1.29, 1.82) is 0 Å². The van der Waals surface area contributed by atoms with Gasteiger partial charge in [0.25, 0.3) is 0 Å². The summed E-state index contributed by atoms with van der Waals surface area (Å²) in [5.41, 5.74) is 0.609. The van der Waals surface area contributed by atoms with Gasteiger partial charge in [-0.15, -0.1) is 0 Å². The first-order chi connectivity index (χ1) is 11.6. The molecule has 1 aromatic heterocycles. The molecule has 1 saturated heterocycles. The Balaban J connectivity index is 2.06. The molecule has 0 amide bonds. The lowest BCUT2D eigenvalue weighted by Gasteiger charge is -2.32. The summed E-state index contributed by atoms with van der Waals surface area (Å²) in [6, 6.07) is 7.64. The summed E-state index contributed by atoms with van der Waals surface area (Å²) in [7, 11) is -3.82. The zero-order chi connectivity index (χ0) is 17.2. The van der Waals surface area contributed by atoms with E-state index in [-0.39, 0.29) is 18.0 Å². The average Bonchev–Trinajstić information content (AvgIpc) is 2.61. The number of thioether (sulfide) groups is 1. The molecule has 8 heteroatoms. The highest BCUT2D eigenvalue weighted by Crippen LogP contribution is 2.29. The van der Waals surface area contributed by atoms with Gasteiger partial charge in [-0.3, -0.25) is 9.78 Å². The number of hydrogen-bond donors (Lipinski definition) is 0. The second-order valence-electron chi connectivity index (χ2n) is 5.28. The monoisotopic (exact) mass is 366 g/mol. The predicted molar refractivity (Wildman–Crippen MR) is 93.4 cm³/mol. The number of benzene rings is 1. The van der Waals surface area contributed by atoms with Gasteiger partial charge >= 0.3 is 5.97 Å². The Morgan fingerprint density at radius 1 is 1.38 bits per heavy atom. The molecule has 3 rings (SSSR count). The first-order valence-electron chi connectivity index (χ1n) is 7.65.